The zero-order valence-corrected chi connectivity index (χ0v) is 12.0. The molecule has 1 N–H and O–H groups in total. The molecule has 0 unspecified atom stereocenters. The smallest absolute Gasteiger partial charge is 0.387 e. The number of aryl methyl sites for hydroxylation is 2. The molecule has 0 fully saturated rings. The van der Waals surface area contributed by atoms with Gasteiger partial charge in [-0.25, -0.2) is 9.97 Å². The van der Waals surface area contributed by atoms with Crippen molar-refractivity contribution in [3.05, 3.63) is 42.4 Å². The van der Waals surface area contributed by atoms with Gasteiger partial charge in [0.1, 0.15) is 17.1 Å². The number of anilines is 2. The first-order valence-corrected chi connectivity index (χ1v) is 6.62. The monoisotopic (exact) mass is 304 g/mol. The van der Waals surface area contributed by atoms with Crippen molar-refractivity contribution in [3.63, 3.8) is 0 Å². The molecule has 114 valence electrons. The zero-order chi connectivity index (χ0) is 15.7. The first-order chi connectivity index (χ1) is 10.5. The predicted octanol–water partition coefficient (Wildman–Crippen LogP) is 3.62. The summed E-state index contributed by atoms with van der Waals surface area (Å²) < 4.78 is 31.4. The van der Waals surface area contributed by atoms with Crippen molar-refractivity contribution in [1.82, 2.24) is 14.5 Å². The van der Waals surface area contributed by atoms with Gasteiger partial charge in [-0.15, -0.1) is 0 Å². The van der Waals surface area contributed by atoms with E-state index in [1.54, 1.807) is 30.7 Å². The van der Waals surface area contributed by atoms with Crippen LogP contribution in [0.3, 0.4) is 0 Å². The molecule has 0 aliphatic carbocycles. The van der Waals surface area contributed by atoms with E-state index in [1.165, 1.54) is 0 Å². The lowest BCUT2D eigenvalue weighted by molar-refractivity contribution is -0.0493. The SMILES string of the molecule is Cc1ccc(Nc2cc3c(cn2)ncn3C)c(OC(F)F)c1. The number of hydrogen-bond acceptors (Lipinski definition) is 4. The number of halogens is 2. The summed E-state index contributed by atoms with van der Waals surface area (Å²) in [6.07, 6.45) is 3.31. The Labute approximate surface area is 125 Å². The summed E-state index contributed by atoms with van der Waals surface area (Å²) in [7, 11) is 1.87. The molecule has 0 spiro atoms. The van der Waals surface area contributed by atoms with Crippen LogP contribution in [0.4, 0.5) is 20.3 Å². The molecule has 0 atom stereocenters. The molecule has 0 aliphatic rings. The third-order valence-corrected chi connectivity index (χ3v) is 3.23. The van der Waals surface area contributed by atoms with Crippen molar-refractivity contribution in [3.8, 4) is 5.75 Å². The van der Waals surface area contributed by atoms with E-state index in [0.29, 0.717) is 11.5 Å². The molecule has 0 radical (unpaired) electrons. The van der Waals surface area contributed by atoms with Crippen LogP contribution in [-0.4, -0.2) is 21.1 Å². The molecule has 0 saturated heterocycles. The topological polar surface area (TPSA) is 52.0 Å². The average Bonchev–Trinajstić information content (AvgIpc) is 2.83. The van der Waals surface area contributed by atoms with E-state index in [1.807, 2.05) is 24.6 Å². The first-order valence-electron chi connectivity index (χ1n) is 6.62. The summed E-state index contributed by atoms with van der Waals surface area (Å²) in [4.78, 5) is 8.41. The Morgan fingerprint density at radius 2 is 2.05 bits per heavy atom. The summed E-state index contributed by atoms with van der Waals surface area (Å²) in [5.74, 6) is 0.612. The van der Waals surface area contributed by atoms with Gasteiger partial charge in [-0.05, 0) is 24.6 Å². The van der Waals surface area contributed by atoms with E-state index in [-0.39, 0.29) is 5.75 Å². The van der Waals surface area contributed by atoms with Gasteiger partial charge in [0, 0.05) is 13.1 Å². The maximum Gasteiger partial charge on any atom is 0.387 e. The minimum atomic E-state index is -2.88. The van der Waals surface area contributed by atoms with Gasteiger partial charge in [0.15, 0.2) is 0 Å². The van der Waals surface area contributed by atoms with E-state index < -0.39 is 6.61 Å². The van der Waals surface area contributed by atoms with Crippen molar-refractivity contribution in [2.24, 2.45) is 7.05 Å². The third-order valence-electron chi connectivity index (χ3n) is 3.23. The summed E-state index contributed by atoms with van der Waals surface area (Å²) in [6, 6.07) is 6.84. The van der Waals surface area contributed by atoms with Crippen LogP contribution in [0.1, 0.15) is 5.56 Å². The Balaban J connectivity index is 1.95. The molecular formula is C15H14F2N4O. The minimum absolute atomic E-state index is 0.0851. The number of aromatic nitrogens is 3. The van der Waals surface area contributed by atoms with E-state index in [9.17, 15) is 8.78 Å². The second-order valence-electron chi connectivity index (χ2n) is 4.92. The number of nitrogens with zero attached hydrogens (tertiary/aromatic N) is 3. The highest BCUT2D eigenvalue weighted by molar-refractivity contribution is 5.78. The van der Waals surface area contributed by atoms with E-state index >= 15 is 0 Å². The quantitative estimate of drug-likeness (QED) is 0.800. The first kappa shape index (κ1) is 14.2. The lowest BCUT2D eigenvalue weighted by atomic mass is 10.2. The van der Waals surface area contributed by atoms with Gasteiger partial charge in [0.05, 0.1) is 23.7 Å². The highest BCUT2D eigenvalue weighted by Gasteiger charge is 2.11. The van der Waals surface area contributed by atoms with Crippen molar-refractivity contribution >= 4 is 22.5 Å². The van der Waals surface area contributed by atoms with Crippen LogP contribution in [0, 0.1) is 6.92 Å². The Hall–Kier alpha value is -2.70. The van der Waals surface area contributed by atoms with Crippen LogP contribution < -0.4 is 10.1 Å². The summed E-state index contributed by atoms with van der Waals surface area (Å²) >= 11 is 0. The van der Waals surface area contributed by atoms with Crippen LogP contribution in [0.15, 0.2) is 36.8 Å². The lowest BCUT2D eigenvalue weighted by Gasteiger charge is -2.13. The van der Waals surface area contributed by atoms with Gasteiger partial charge in [-0.3, -0.25) is 0 Å². The fourth-order valence-electron chi connectivity index (χ4n) is 2.16. The second-order valence-corrected chi connectivity index (χ2v) is 4.92. The molecule has 0 amide bonds. The number of imidazole rings is 1. The van der Waals surface area contributed by atoms with E-state index in [4.69, 9.17) is 0 Å². The molecule has 0 bridgehead atoms. The normalized spacial score (nSPS) is 11.1. The highest BCUT2D eigenvalue weighted by atomic mass is 19.3. The molecule has 5 nitrogen and oxygen atoms in total. The minimum Gasteiger partial charge on any atom is -0.433 e. The molecule has 1 aromatic carbocycles. The van der Waals surface area contributed by atoms with Crippen molar-refractivity contribution in [2.45, 2.75) is 13.5 Å². The number of rotatable bonds is 4. The molecular weight excluding hydrogens is 290 g/mol. The van der Waals surface area contributed by atoms with Crippen LogP contribution in [0.25, 0.3) is 11.0 Å². The maximum atomic E-state index is 12.5. The summed E-state index contributed by atoms with van der Waals surface area (Å²) in [5.41, 5.74) is 2.91. The van der Waals surface area contributed by atoms with Crippen LogP contribution >= 0.6 is 0 Å². The van der Waals surface area contributed by atoms with Crippen molar-refractivity contribution in [1.29, 1.82) is 0 Å². The molecule has 3 rings (SSSR count). The standard InChI is InChI=1S/C15H14F2N4O/c1-9-3-4-10(13(5-9)22-15(16)17)20-14-6-12-11(7-18-14)19-8-21(12)2/h3-8,15H,1-2H3,(H,18,20). The Morgan fingerprint density at radius 1 is 1.23 bits per heavy atom. The van der Waals surface area contributed by atoms with E-state index in [0.717, 1.165) is 16.6 Å². The third kappa shape index (κ3) is 2.83. The molecule has 0 saturated carbocycles. The predicted molar refractivity (Wildman–Crippen MR) is 79.6 cm³/mol. The van der Waals surface area contributed by atoms with Crippen molar-refractivity contribution in [2.75, 3.05) is 5.32 Å². The fraction of sp³-hybridized carbons (Fsp3) is 0.200. The molecule has 3 aromatic rings. The molecule has 0 aliphatic heterocycles. The number of pyridine rings is 1. The zero-order valence-electron chi connectivity index (χ0n) is 12.0. The molecule has 2 heterocycles. The highest BCUT2D eigenvalue weighted by Crippen LogP contribution is 2.30. The number of fused-ring (bicyclic) bond motifs is 1. The van der Waals surface area contributed by atoms with Crippen molar-refractivity contribution < 1.29 is 13.5 Å². The van der Waals surface area contributed by atoms with Crippen LogP contribution in [0.2, 0.25) is 0 Å². The van der Waals surface area contributed by atoms with Gasteiger partial charge in [-0.1, -0.05) is 6.07 Å². The average molecular weight is 304 g/mol. The van der Waals surface area contributed by atoms with Gasteiger partial charge < -0.3 is 14.6 Å². The van der Waals surface area contributed by atoms with E-state index in [2.05, 4.69) is 20.0 Å². The molecule has 22 heavy (non-hydrogen) atoms. The Bertz CT molecular complexity index is 816. The Kier molecular flexibility index (Phi) is 3.62. The summed E-state index contributed by atoms with van der Waals surface area (Å²) in [5, 5.41) is 3.00. The van der Waals surface area contributed by atoms with Gasteiger partial charge in [0.25, 0.3) is 0 Å². The molecule has 2 aromatic heterocycles. The number of hydrogen-bond donors (Lipinski definition) is 1. The fourth-order valence-corrected chi connectivity index (χ4v) is 2.16. The lowest BCUT2D eigenvalue weighted by Crippen LogP contribution is -2.05. The number of nitrogens with one attached hydrogen (secondary N) is 1. The number of benzene rings is 1. The Morgan fingerprint density at radius 3 is 2.82 bits per heavy atom. The number of alkyl halides is 2. The molecule has 7 heteroatoms. The maximum absolute atomic E-state index is 12.5. The van der Waals surface area contributed by atoms with Crippen LogP contribution in [-0.2, 0) is 7.05 Å². The summed E-state index contributed by atoms with van der Waals surface area (Å²) in [6.45, 7) is -1.07. The second kappa shape index (κ2) is 5.59. The van der Waals surface area contributed by atoms with Gasteiger partial charge in [-0.2, -0.15) is 8.78 Å². The number of ether oxygens (including phenoxy) is 1. The van der Waals surface area contributed by atoms with Crippen LogP contribution in [0.5, 0.6) is 5.75 Å². The largest absolute Gasteiger partial charge is 0.433 e. The van der Waals surface area contributed by atoms with Gasteiger partial charge in [0.2, 0.25) is 0 Å². The van der Waals surface area contributed by atoms with Gasteiger partial charge >= 0.3 is 6.61 Å².